The second-order valence-corrected chi connectivity index (χ2v) is 5.26. The molecular weight excluding hydrogens is 192 g/mol. The first-order valence-electron chi connectivity index (χ1n) is 4.15. The lowest BCUT2D eigenvalue weighted by molar-refractivity contribution is -0.122. The van der Waals surface area contributed by atoms with Gasteiger partial charge in [-0.15, -0.1) is 0 Å². The number of amides is 1. The summed E-state index contributed by atoms with van der Waals surface area (Å²) in [6, 6.07) is 0.0373. The summed E-state index contributed by atoms with van der Waals surface area (Å²) in [5.41, 5.74) is 5.60. The quantitative estimate of drug-likeness (QED) is 0.618. The number of carbonyl (C=O) groups is 1. The van der Waals surface area contributed by atoms with Gasteiger partial charge in [-0.1, -0.05) is 0 Å². The lowest BCUT2D eigenvalue weighted by Gasteiger charge is -2.08. The summed E-state index contributed by atoms with van der Waals surface area (Å²) in [6.45, 7) is 0. The number of carbonyl (C=O) groups excluding carboxylic acids is 1. The molecule has 1 saturated carbocycles. The Kier molecular flexibility index (Phi) is 2.92. The van der Waals surface area contributed by atoms with Crippen LogP contribution in [-0.4, -0.2) is 26.6 Å². The third-order valence-electron chi connectivity index (χ3n) is 2.13. The first-order valence-corrected chi connectivity index (χ1v) is 6.05. The third-order valence-corrected chi connectivity index (χ3v) is 2.70. The fraction of sp³-hybridized carbons (Fsp3) is 0.857. The van der Waals surface area contributed by atoms with Gasteiger partial charge in [0, 0.05) is 12.0 Å². The van der Waals surface area contributed by atoms with E-state index in [9.17, 15) is 13.2 Å². The van der Waals surface area contributed by atoms with Gasteiger partial charge in [-0.05, 0) is 19.3 Å². The van der Waals surface area contributed by atoms with Gasteiger partial charge in [0.05, 0.1) is 6.26 Å². The van der Waals surface area contributed by atoms with Crippen LogP contribution in [0.3, 0.4) is 0 Å². The standard InChI is InChI=1S/C7H14N2O3S/c1-13(11,12)9-7(10)5-2-3-6(8)4-5/h5-6H,2-4,8H2,1H3,(H,9,10). The molecule has 1 fully saturated rings. The monoisotopic (exact) mass is 206 g/mol. The van der Waals surface area contributed by atoms with Gasteiger partial charge in [0.15, 0.2) is 0 Å². The molecule has 1 aliphatic carbocycles. The van der Waals surface area contributed by atoms with Crippen molar-refractivity contribution in [3.63, 3.8) is 0 Å². The summed E-state index contributed by atoms with van der Waals surface area (Å²) >= 11 is 0. The number of hydrogen-bond acceptors (Lipinski definition) is 4. The van der Waals surface area contributed by atoms with Gasteiger partial charge >= 0.3 is 0 Å². The van der Waals surface area contributed by atoms with Crippen molar-refractivity contribution in [2.24, 2.45) is 11.7 Å². The van der Waals surface area contributed by atoms with E-state index in [-0.39, 0.29) is 12.0 Å². The fourth-order valence-corrected chi connectivity index (χ4v) is 2.05. The minimum absolute atomic E-state index is 0.0373. The largest absolute Gasteiger partial charge is 0.328 e. The Morgan fingerprint density at radius 2 is 2.08 bits per heavy atom. The van der Waals surface area contributed by atoms with Gasteiger partial charge < -0.3 is 5.73 Å². The molecule has 1 rings (SSSR count). The molecule has 0 aromatic heterocycles. The lowest BCUT2D eigenvalue weighted by atomic mass is 10.1. The summed E-state index contributed by atoms with van der Waals surface area (Å²) in [7, 11) is -3.42. The lowest BCUT2D eigenvalue weighted by Crippen LogP contribution is -2.34. The highest BCUT2D eigenvalue weighted by Gasteiger charge is 2.28. The molecule has 0 aromatic carbocycles. The Bertz CT molecular complexity index is 299. The van der Waals surface area contributed by atoms with Gasteiger partial charge in [0.2, 0.25) is 15.9 Å². The van der Waals surface area contributed by atoms with E-state index in [1.807, 2.05) is 4.72 Å². The second kappa shape index (κ2) is 3.63. The zero-order valence-electron chi connectivity index (χ0n) is 7.49. The van der Waals surface area contributed by atoms with Crippen LogP contribution in [0.25, 0.3) is 0 Å². The van der Waals surface area contributed by atoms with Crippen molar-refractivity contribution < 1.29 is 13.2 Å². The molecule has 5 nitrogen and oxygen atoms in total. The maximum atomic E-state index is 11.3. The van der Waals surface area contributed by atoms with Gasteiger partial charge in [0.25, 0.3) is 0 Å². The van der Waals surface area contributed by atoms with Crippen molar-refractivity contribution >= 4 is 15.9 Å². The number of nitrogens with two attached hydrogens (primary N) is 1. The zero-order valence-corrected chi connectivity index (χ0v) is 8.30. The first kappa shape index (κ1) is 10.5. The third kappa shape index (κ3) is 3.31. The van der Waals surface area contributed by atoms with Crippen molar-refractivity contribution in [2.75, 3.05) is 6.26 Å². The van der Waals surface area contributed by atoms with E-state index >= 15 is 0 Å². The molecule has 0 aromatic rings. The molecule has 0 radical (unpaired) electrons. The van der Waals surface area contributed by atoms with Crippen LogP contribution in [-0.2, 0) is 14.8 Å². The van der Waals surface area contributed by atoms with E-state index < -0.39 is 15.9 Å². The van der Waals surface area contributed by atoms with E-state index in [1.165, 1.54) is 0 Å². The van der Waals surface area contributed by atoms with E-state index in [4.69, 9.17) is 5.73 Å². The van der Waals surface area contributed by atoms with Crippen molar-refractivity contribution in [3.05, 3.63) is 0 Å². The molecule has 2 atom stereocenters. The summed E-state index contributed by atoms with van der Waals surface area (Å²) in [6.07, 6.45) is 3.03. The summed E-state index contributed by atoms with van der Waals surface area (Å²) in [4.78, 5) is 11.3. The van der Waals surface area contributed by atoms with Crippen LogP contribution < -0.4 is 10.5 Å². The summed E-state index contributed by atoms with van der Waals surface area (Å²) in [5.74, 6) is -0.653. The van der Waals surface area contributed by atoms with Crippen LogP contribution in [0.1, 0.15) is 19.3 Å². The zero-order chi connectivity index (χ0) is 10.1. The van der Waals surface area contributed by atoms with Gasteiger partial charge in [-0.25, -0.2) is 8.42 Å². The Labute approximate surface area is 77.7 Å². The second-order valence-electron chi connectivity index (χ2n) is 3.51. The Balaban J connectivity index is 2.50. The number of hydrogen-bond donors (Lipinski definition) is 2. The van der Waals surface area contributed by atoms with Crippen LogP contribution in [0.4, 0.5) is 0 Å². The molecule has 1 amide bonds. The molecule has 13 heavy (non-hydrogen) atoms. The van der Waals surface area contributed by atoms with Crippen LogP contribution in [0, 0.1) is 5.92 Å². The van der Waals surface area contributed by atoms with Crippen molar-refractivity contribution in [2.45, 2.75) is 25.3 Å². The molecule has 0 heterocycles. The number of sulfonamides is 1. The van der Waals surface area contributed by atoms with Crippen molar-refractivity contribution in [3.8, 4) is 0 Å². The Hall–Kier alpha value is -0.620. The van der Waals surface area contributed by atoms with Crippen molar-refractivity contribution in [1.82, 2.24) is 4.72 Å². The smallest absolute Gasteiger partial charge is 0.236 e. The number of nitrogens with one attached hydrogen (secondary N) is 1. The van der Waals surface area contributed by atoms with Crippen LogP contribution in [0.2, 0.25) is 0 Å². The molecule has 0 aliphatic heterocycles. The molecule has 1 aliphatic rings. The van der Waals surface area contributed by atoms with E-state index in [1.54, 1.807) is 0 Å². The van der Waals surface area contributed by atoms with Gasteiger partial charge in [0.1, 0.15) is 0 Å². The molecule has 2 unspecified atom stereocenters. The van der Waals surface area contributed by atoms with Gasteiger partial charge in [-0.2, -0.15) is 0 Å². The van der Waals surface area contributed by atoms with E-state index in [0.29, 0.717) is 12.8 Å². The van der Waals surface area contributed by atoms with E-state index in [0.717, 1.165) is 12.7 Å². The van der Waals surface area contributed by atoms with E-state index in [2.05, 4.69) is 0 Å². The molecule has 0 spiro atoms. The molecule has 0 saturated heterocycles. The highest BCUT2D eigenvalue weighted by molar-refractivity contribution is 7.89. The summed E-state index contributed by atoms with van der Waals surface area (Å²) < 4.78 is 23.4. The van der Waals surface area contributed by atoms with Gasteiger partial charge in [-0.3, -0.25) is 9.52 Å². The molecule has 0 bridgehead atoms. The average molecular weight is 206 g/mol. The highest BCUT2D eigenvalue weighted by Crippen LogP contribution is 2.24. The first-order chi connectivity index (χ1) is 5.88. The molecule has 3 N–H and O–H groups in total. The predicted octanol–water partition coefficient (Wildman–Crippen LogP) is -0.810. The minimum atomic E-state index is -3.42. The molecule has 6 heteroatoms. The summed E-state index contributed by atoms with van der Waals surface area (Å²) in [5, 5.41) is 0. The van der Waals surface area contributed by atoms with Crippen LogP contribution >= 0.6 is 0 Å². The fourth-order valence-electron chi connectivity index (χ4n) is 1.52. The van der Waals surface area contributed by atoms with Crippen LogP contribution in [0.15, 0.2) is 0 Å². The minimum Gasteiger partial charge on any atom is -0.328 e. The number of rotatable bonds is 2. The highest BCUT2D eigenvalue weighted by atomic mass is 32.2. The topological polar surface area (TPSA) is 89.3 Å². The molecule has 76 valence electrons. The average Bonchev–Trinajstić information content (AvgIpc) is 2.31. The Morgan fingerprint density at radius 3 is 2.46 bits per heavy atom. The van der Waals surface area contributed by atoms with Crippen LogP contribution in [0.5, 0.6) is 0 Å². The predicted molar refractivity (Wildman–Crippen MR) is 48.3 cm³/mol. The van der Waals surface area contributed by atoms with Crippen molar-refractivity contribution in [1.29, 1.82) is 0 Å². The maximum absolute atomic E-state index is 11.3. The molecular formula is C7H14N2O3S. The normalized spacial score (nSPS) is 28.8. The Morgan fingerprint density at radius 1 is 1.46 bits per heavy atom. The maximum Gasteiger partial charge on any atom is 0.236 e. The SMILES string of the molecule is CS(=O)(=O)NC(=O)C1CCC(N)C1.